The second-order valence-electron chi connectivity index (χ2n) is 5.52. The lowest BCUT2D eigenvalue weighted by Crippen LogP contribution is -2.41. The number of benzene rings is 2. The van der Waals surface area contributed by atoms with E-state index in [1.807, 2.05) is 44.2 Å². The number of rotatable bonds is 5. The van der Waals surface area contributed by atoms with Crippen molar-refractivity contribution in [2.75, 3.05) is 0 Å². The molecule has 0 aromatic heterocycles. The molecule has 2 rings (SSSR count). The maximum atomic E-state index is 12.4. The van der Waals surface area contributed by atoms with E-state index in [9.17, 15) is 14.7 Å². The van der Waals surface area contributed by atoms with Gasteiger partial charge in [-0.05, 0) is 29.2 Å². The second kappa shape index (κ2) is 6.39. The van der Waals surface area contributed by atoms with Gasteiger partial charge >= 0.3 is 5.97 Å². The summed E-state index contributed by atoms with van der Waals surface area (Å²) in [6, 6.07) is 12.1. The van der Waals surface area contributed by atoms with E-state index in [0.29, 0.717) is 12.0 Å². The van der Waals surface area contributed by atoms with E-state index in [-0.39, 0.29) is 11.8 Å². The van der Waals surface area contributed by atoms with Crippen molar-refractivity contribution >= 4 is 22.6 Å². The number of carboxylic acid groups (broad SMARTS) is 1. The minimum absolute atomic E-state index is 0.193. The molecule has 2 aromatic carbocycles. The molecule has 2 N–H and O–H groups in total. The lowest BCUT2D eigenvalue weighted by Gasteiger charge is -2.17. The Morgan fingerprint density at radius 1 is 1.10 bits per heavy atom. The van der Waals surface area contributed by atoms with E-state index in [1.165, 1.54) is 0 Å². The highest BCUT2D eigenvalue weighted by Gasteiger charge is 2.22. The summed E-state index contributed by atoms with van der Waals surface area (Å²) in [5.41, 5.74) is 0.503. The van der Waals surface area contributed by atoms with Crippen LogP contribution < -0.4 is 5.32 Å². The molecule has 4 nitrogen and oxygen atoms in total. The third-order valence-corrected chi connectivity index (χ3v) is 3.34. The van der Waals surface area contributed by atoms with Crippen LogP contribution in [0.25, 0.3) is 10.8 Å². The zero-order valence-corrected chi connectivity index (χ0v) is 12.2. The fourth-order valence-electron chi connectivity index (χ4n) is 2.35. The predicted octanol–water partition coefficient (Wildman–Crippen LogP) is 3.07. The zero-order chi connectivity index (χ0) is 15.4. The van der Waals surface area contributed by atoms with E-state index in [1.54, 1.807) is 12.1 Å². The maximum Gasteiger partial charge on any atom is 0.326 e. The Balaban J connectivity index is 2.27. The van der Waals surface area contributed by atoms with Gasteiger partial charge < -0.3 is 10.4 Å². The van der Waals surface area contributed by atoms with Crippen molar-refractivity contribution in [3.63, 3.8) is 0 Å². The van der Waals surface area contributed by atoms with E-state index in [2.05, 4.69) is 5.32 Å². The number of hydrogen-bond acceptors (Lipinski definition) is 2. The molecule has 0 radical (unpaired) electrons. The minimum atomic E-state index is -1.00. The first-order chi connectivity index (χ1) is 9.99. The first kappa shape index (κ1) is 15.0. The molecule has 2 aromatic rings. The number of carbonyl (C=O) groups is 2. The van der Waals surface area contributed by atoms with Crippen LogP contribution in [0.3, 0.4) is 0 Å². The van der Waals surface area contributed by atoms with E-state index in [4.69, 9.17) is 0 Å². The van der Waals surface area contributed by atoms with Crippen molar-refractivity contribution in [1.82, 2.24) is 5.32 Å². The van der Waals surface area contributed by atoms with Gasteiger partial charge in [-0.25, -0.2) is 4.79 Å². The molecule has 1 atom stereocenters. The number of fused-ring (bicyclic) bond motifs is 1. The molecule has 0 aliphatic heterocycles. The van der Waals surface area contributed by atoms with Crippen molar-refractivity contribution in [2.45, 2.75) is 26.3 Å². The Bertz CT molecular complexity index is 659. The van der Waals surface area contributed by atoms with Crippen LogP contribution in [0.15, 0.2) is 42.5 Å². The SMILES string of the molecule is CC(C)CC(NC(=O)c1cccc2ccccc12)C(=O)O. The van der Waals surface area contributed by atoms with Crippen LogP contribution in [-0.2, 0) is 4.79 Å². The van der Waals surface area contributed by atoms with Crippen molar-refractivity contribution < 1.29 is 14.7 Å². The largest absolute Gasteiger partial charge is 0.480 e. The molecular formula is C17H19NO3. The Labute approximate surface area is 123 Å². The van der Waals surface area contributed by atoms with Gasteiger partial charge in [0.2, 0.25) is 0 Å². The molecule has 4 heteroatoms. The van der Waals surface area contributed by atoms with Gasteiger partial charge in [0.1, 0.15) is 6.04 Å². The number of nitrogens with one attached hydrogen (secondary N) is 1. The van der Waals surface area contributed by atoms with Crippen molar-refractivity contribution in [3.8, 4) is 0 Å². The monoisotopic (exact) mass is 285 g/mol. The highest BCUT2D eigenvalue weighted by Crippen LogP contribution is 2.18. The summed E-state index contributed by atoms with van der Waals surface area (Å²) in [7, 11) is 0. The summed E-state index contributed by atoms with van der Waals surface area (Å²) in [5.74, 6) is -1.16. The third kappa shape index (κ3) is 3.60. The Kier molecular flexibility index (Phi) is 4.58. The first-order valence-corrected chi connectivity index (χ1v) is 7.00. The average molecular weight is 285 g/mol. The molecule has 0 bridgehead atoms. The molecule has 1 unspecified atom stereocenters. The van der Waals surface area contributed by atoms with Gasteiger partial charge in [-0.2, -0.15) is 0 Å². The molecule has 0 saturated carbocycles. The summed E-state index contributed by atoms with van der Waals surface area (Å²) in [4.78, 5) is 23.6. The topological polar surface area (TPSA) is 66.4 Å². The van der Waals surface area contributed by atoms with Crippen LogP contribution >= 0.6 is 0 Å². The molecule has 0 heterocycles. The van der Waals surface area contributed by atoms with Gasteiger partial charge in [-0.1, -0.05) is 50.2 Å². The molecule has 1 amide bonds. The zero-order valence-electron chi connectivity index (χ0n) is 12.2. The highest BCUT2D eigenvalue weighted by atomic mass is 16.4. The Hall–Kier alpha value is -2.36. The predicted molar refractivity (Wildman–Crippen MR) is 82.3 cm³/mol. The number of carboxylic acids is 1. The van der Waals surface area contributed by atoms with Crippen LogP contribution in [0.1, 0.15) is 30.6 Å². The first-order valence-electron chi connectivity index (χ1n) is 7.00. The second-order valence-corrected chi connectivity index (χ2v) is 5.52. The Morgan fingerprint density at radius 3 is 2.43 bits per heavy atom. The third-order valence-electron chi connectivity index (χ3n) is 3.34. The minimum Gasteiger partial charge on any atom is -0.480 e. The molecule has 0 aliphatic carbocycles. The lowest BCUT2D eigenvalue weighted by molar-refractivity contribution is -0.139. The van der Waals surface area contributed by atoms with Gasteiger partial charge in [0.05, 0.1) is 0 Å². The number of carbonyl (C=O) groups excluding carboxylic acids is 1. The molecule has 0 aliphatic rings. The molecule has 0 spiro atoms. The van der Waals surface area contributed by atoms with Crippen molar-refractivity contribution in [1.29, 1.82) is 0 Å². The fourth-order valence-corrected chi connectivity index (χ4v) is 2.35. The summed E-state index contributed by atoms with van der Waals surface area (Å²) < 4.78 is 0. The van der Waals surface area contributed by atoms with Crippen LogP contribution in [0.4, 0.5) is 0 Å². The molecule has 0 fully saturated rings. The van der Waals surface area contributed by atoms with Crippen LogP contribution in [0, 0.1) is 5.92 Å². The number of aliphatic carboxylic acids is 1. The number of hydrogen-bond donors (Lipinski definition) is 2. The van der Waals surface area contributed by atoms with E-state index >= 15 is 0 Å². The summed E-state index contributed by atoms with van der Waals surface area (Å²) >= 11 is 0. The van der Waals surface area contributed by atoms with E-state index in [0.717, 1.165) is 10.8 Å². The summed E-state index contributed by atoms with van der Waals surface area (Å²) in [6.45, 7) is 3.86. The highest BCUT2D eigenvalue weighted by molar-refractivity contribution is 6.07. The standard InChI is InChI=1S/C17H19NO3/c1-11(2)10-15(17(20)21)18-16(19)14-9-5-7-12-6-3-4-8-13(12)14/h3-9,11,15H,10H2,1-2H3,(H,18,19)(H,20,21). The van der Waals surface area contributed by atoms with Crippen molar-refractivity contribution in [3.05, 3.63) is 48.0 Å². The normalized spacial score (nSPS) is 12.3. The smallest absolute Gasteiger partial charge is 0.326 e. The maximum absolute atomic E-state index is 12.4. The average Bonchev–Trinajstić information content (AvgIpc) is 2.45. The van der Waals surface area contributed by atoms with Gasteiger partial charge in [-0.15, -0.1) is 0 Å². The van der Waals surface area contributed by atoms with Crippen LogP contribution in [-0.4, -0.2) is 23.0 Å². The van der Waals surface area contributed by atoms with E-state index < -0.39 is 12.0 Å². The van der Waals surface area contributed by atoms with Crippen LogP contribution in [0.2, 0.25) is 0 Å². The lowest BCUT2D eigenvalue weighted by atomic mass is 10.0. The summed E-state index contributed by atoms with van der Waals surface area (Å²) in [5, 5.41) is 13.6. The fraction of sp³-hybridized carbons (Fsp3) is 0.294. The van der Waals surface area contributed by atoms with Crippen molar-refractivity contribution in [2.24, 2.45) is 5.92 Å². The quantitative estimate of drug-likeness (QED) is 0.887. The number of amides is 1. The van der Waals surface area contributed by atoms with Gasteiger partial charge in [-0.3, -0.25) is 4.79 Å². The van der Waals surface area contributed by atoms with Gasteiger partial charge in [0, 0.05) is 5.56 Å². The van der Waals surface area contributed by atoms with Crippen LogP contribution in [0.5, 0.6) is 0 Å². The molecule has 21 heavy (non-hydrogen) atoms. The summed E-state index contributed by atoms with van der Waals surface area (Å²) in [6.07, 6.45) is 0.409. The molecule has 110 valence electrons. The molecule has 0 saturated heterocycles. The molecular weight excluding hydrogens is 266 g/mol. The Morgan fingerprint density at radius 2 is 1.76 bits per heavy atom. The van der Waals surface area contributed by atoms with Gasteiger partial charge in [0.25, 0.3) is 5.91 Å². The van der Waals surface area contributed by atoms with Gasteiger partial charge in [0.15, 0.2) is 0 Å².